The smallest absolute Gasteiger partial charge is 0.145 e. The maximum Gasteiger partial charge on any atom is 0.145 e. The van der Waals surface area contributed by atoms with Gasteiger partial charge in [0.15, 0.2) is 0 Å². The fraction of sp³-hybridized carbons (Fsp3) is 0.774. The number of aliphatic hydroxyl groups is 2. The second-order valence-electron chi connectivity index (χ2n) is 12.5. The Kier molecular flexibility index (Phi) is 9.99. The molecular formula is C31H52O3. The van der Waals surface area contributed by atoms with Gasteiger partial charge in [-0.1, -0.05) is 57.1 Å². The highest BCUT2D eigenvalue weighted by atomic mass is 16.3. The molecule has 0 aromatic carbocycles. The van der Waals surface area contributed by atoms with Crippen LogP contribution >= 0.6 is 0 Å². The monoisotopic (exact) mass is 472 g/mol. The molecule has 2 saturated carbocycles. The first-order valence-electron chi connectivity index (χ1n) is 13.6. The lowest BCUT2D eigenvalue weighted by Crippen LogP contribution is -2.52. The number of hydrogen-bond acceptors (Lipinski definition) is 3. The predicted molar refractivity (Wildman–Crippen MR) is 144 cm³/mol. The van der Waals surface area contributed by atoms with Crippen LogP contribution in [0.25, 0.3) is 0 Å². The van der Waals surface area contributed by atoms with Crippen LogP contribution in [0.15, 0.2) is 34.9 Å². The fourth-order valence-electron chi connectivity index (χ4n) is 6.86. The van der Waals surface area contributed by atoms with E-state index >= 15 is 0 Å². The van der Waals surface area contributed by atoms with Crippen LogP contribution in [0.3, 0.4) is 0 Å². The van der Waals surface area contributed by atoms with Gasteiger partial charge in [0.25, 0.3) is 0 Å². The van der Waals surface area contributed by atoms with Crippen molar-refractivity contribution in [3.63, 3.8) is 0 Å². The first-order valence-corrected chi connectivity index (χ1v) is 13.6. The maximum absolute atomic E-state index is 11.6. The maximum atomic E-state index is 11.6. The summed E-state index contributed by atoms with van der Waals surface area (Å²) in [6.45, 7) is 20.1. The van der Waals surface area contributed by atoms with Crippen LogP contribution in [-0.4, -0.2) is 28.7 Å². The van der Waals surface area contributed by atoms with Crippen molar-refractivity contribution in [1.29, 1.82) is 0 Å². The SMILES string of the molecule is C=C1CC[C@H](C)C(C)(C)[C@H]1CC/C(C)=C/CC[C@@]1(C)[C@H](CCCO)/C(=C(/C)C=O)CC[C@]1(C)O. The molecule has 0 aliphatic heterocycles. The molecule has 0 saturated heterocycles. The molecule has 2 aliphatic rings. The van der Waals surface area contributed by atoms with Crippen molar-refractivity contribution in [2.24, 2.45) is 28.6 Å². The molecule has 0 bridgehead atoms. The van der Waals surface area contributed by atoms with Gasteiger partial charge in [-0.15, -0.1) is 0 Å². The van der Waals surface area contributed by atoms with E-state index in [1.54, 1.807) is 0 Å². The van der Waals surface area contributed by atoms with Gasteiger partial charge in [0, 0.05) is 12.0 Å². The summed E-state index contributed by atoms with van der Waals surface area (Å²) in [5.41, 5.74) is 4.04. The van der Waals surface area contributed by atoms with Crippen LogP contribution in [0.4, 0.5) is 0 Å². The molecule has 194 valence electrons. The summed E-state index contributed by atoms with van der Waals surface area (Å²) in [5.74, 6) is 1.43. The van der Waals surface area contributed by atoms with Crippen molar-refractivity contribution in [3.05, 3.63) is 34.9 Å². The minimum atomic E-state index is -0.790. The van der Waals surface area contributed by atoms with Gasteiger partial charge in [-0.2, -0.15) is 0 Å². The first kappa shape index (κ1) is 29.0. The number of carbonyl (C=O) groups excluding carboxylic acids is 1. The quantitative estimate of drug-likeness (QED) is 0.196. The van der Waals surface area contributed by atoms with E-state index in [2.05, 4.69) is 47.3 Å². The number of carbonyl (C=O) groups is 1. The average Bonchev–Trinajstić information content (AvgIpc) is 2.77. The summed E-state index contributed by atoms with van der Waals surface area (Å²) in [5, 5.41) is 21.0. The summed E-state index contributed by atoms with van der Waals surface area (Å²) in [4.78, 5) is 11.6. The van der Waals surface area contributed by atoms with Crippen molar-refractivity contribution in [2.45, 2.75) is 118 Å². The number of allylic oxidation sites excluding steroid dienone is 5. The highest BCUT2D eigenvalue weighted by Gasteiger charge is 2.52. The Hall–Kier alpha value is -1.19. The van der Waals surface area contributed by atoms with Crippen LogP contribution in [-0.2, 0) is 4.79 Å². The molecule has 0 radical (unpaired) electrons. The minimum Gasteiger partial charge on any atom is -0.396 e. The van der Waals surface area contributed by atoms with Crippen molar-refractivity contribution in [2.75, 3.05) is 6.61 Å². The van der Waals surface area contributed by atoms with Crippen molar-refractivity contribution < 1.29 is 15.0 Å². The molecule has 3 nitrogen and oxygen atoms in total. The van der Waals surface area contributed by atoms with E-state index in [0.29, 0.717) is 24.2 Å². The van der Waals surface area contributed by atoms with Gasteiger partial charge in [0.05, 0.1) is 5.60 Å². The lowest BCUT2D eigenvalue weighted by atomic mass is 9.54. The summed E-state index contributed by atoms with van der Waals surface area (Å²) in [7, 11) is 0. The Bertz CT molecular complexity index is 784. The van der Waals surface area contributed by atoms with Crippen LogP contribution in [0, 0.1) is 28.6 Å². The van der Waals surface area contributed by atoms with Gasteiger partial charge in [-0.05, 0) is 114 Å². The molecule has 0 spiro atoms. The molecule has 0 aromatic rings. The molecule has 34 heavy (non-hydrogen) atoms. The summed E-state index contributed by atoms with van der Waals surface area (Å²) in [6.07, 6.45) is 12.8. The van der Waals surface area contributed by atoms with E-state index in [9.17, 15) is 15.0 Å². The molecule has 2 rings (SSSR count). The van der Waals surface area contributed by atoms with Gasteiger partial charge in [-0.25, -0.2) is 0 Å². The standard InChI is InChI=1S/C31H52O3/c1-22(13-16-27-23(2)14-15-25(4)29(27,5)6)11-9-18-30(7)28(12-10-20-32)26(24(3)21-33)17-19-31(30,8)34/h11,21,25,27-28,32,34H,2,9-10,12-20H2,1,3-8H3/b22-11+,26-24-/t25-,27-,28+,30-,31-/m0/s1. The molecule has 0 aromatic heterocycles. The molecule has 2 N–H and O–H groups in total. The summed E-state index contributed by atoms with van der Waals surface area (Å²) < 4.78 is 0. The number of aldehydes is 1. The number of hydrogen-bond donors (Lipinski definition) is 2. The van der Waals surface area contributed by atoms with Gasteiger partial charge >= 0.3 is 0 Å². The van der Waals surface area contributed by atoms with E-state index in [1.165, 1.54) is 23.1 Å². The van der Waals surface area contributed by atoms with E-state index in [4.69, 9.17) is 0 Å². The van der Waals surface area contributed by atoms with Gasteiger partial charge in [0.1, 0.15) is 6.29 Å². The lowest BCUT2D eigenvalue weighted by molar-refractivity contribution is -0.115. The highest BCUT2D eigenvalue weighted by Crippen LogP contribution is 2.55. The van der Waals surface area contributed by atoms with Gasteiger partial charge < -0.3 is 10.2 Å². The van der Waals surface area contributed by atoms with E-state index < -0.39 is 5.60 Å². The normalized spacial score (nSPS) is 35.9. The Balaban J connectivity index is 2.13. The van der Waals surface area contributed by atoms with E-state index in [1.807, 2.05) is 13.8 Å². The second-order valence-corrected chi connectivity index (χ2v) is 12.5. The third kappa shape index (κ3) is 6.13. The predicted octanol–water partition coefficient (Wildman–Crippen LogP) is 7.58. The molecule has 0 unspecified atom stereocenters. The molecule has 0 amide bonds. The zero-order valence-corrected chi connectivity index (χ0v) is 23.2. The third-order valence-electron chi connectivity index (χ3n) is 10.2. The fourth-order valence-corrected chi connectivity index (χ4v) is 6.86. The topological polar surface area (TPSA) is 57.5 Å². The Morgan fingerprint density at radius 2 is 1.79 bits per heavy atom. The number of aliphatic hydroxyl groups excluding tert-OH is 1. The molecule has 3 heteroatoms. The molecule has 2 fully saturated rings. The van der Waals surface area contributed by atoms with Crippen LogP contribution in [0.5, 0.6) is 0 Å². The van der Waals surface area contributed by atoms with Crippen LogP contribution in [0.2, 0.25) is 0 Å². The Morgan fingerprint density at radius 1 is 1.12 bits per heavy atom. The molecular weight excluding hydrogens is 420 g/mol. The largest absolute Gasteiger partial charge is 0.396 e. The molecule has 5 atom stereocenters. The van der Waals surface area contributed by atoms with Crippen molar-refractivity contribution in [1.82, 2.24) is 0 Å². The first-order chi connectivity index (χ1) is 15.8. The highest BCUT2D eigenvalue weighted by molar-refractivity contribution is 5.74. The summed E-state index contributed by atoms with van der Waals surface area (Å²) in [6, 6.07) is 0. The van der Waals surface area contributed by atoms with Crippen LogP contribution in [0.1, 0.15) is 113 Å². The Morgan fingerprint density at radius 3 is 2.41 bits per heavy atom. The van der Waals surface area contributed by atoms with E-state index in [-0.39, 0.29) is 17.9 Å². The second kappa shape index (κ2) is 11.7. The lowest BCUT2D eigenvalue weighted by Gasteiger charge is -2.53. The Labute approximate surface area is 209 Å². The number of rotatable bonds is 10. The zero-order valence-electron chi connectivity index (χ0n) is 23.2. The average molecular weight is 473 g/mol. The van der Waals surface area contributed by atoms with Crippen LogP contribution < -0.4 is 0 Å². The minimum absolute atomic E-state index is 0.121. The molecule has 0 heterocycles. The zero-order chi connectivity index (χ0) is 25.7. The van der Waals surface area contributed by atoms with Crippen molar-refractivity contribution in [3.8, 4) is 0 Å². The third-order valence-corrected chi connectivity index (χ3v) is 10.2. The molecule has 2 aliphatic carbocycles. The van der Waals surface area contributed by atoms with Crippen molar-refractivity contribution >= 4 is 6.29 Å². The summed E-state index contributed by atoms with van der Waals surface area (Å²) >= 11 is 0. The van der Waals surface area contributed by atoms with Gasteiger partial charge in [0.2, 0.25) is 0 Å². The van der Waals surface area contributed by atoms with Gasteiger partial charge in [-0.3, -0.25) is 4.79 Å². The van der Waals surface area contributed by atoms with E-state index in [0.717, 1.165) is 62.7 Å².